The van der Waals surface area contributed by atoms with E-state index in [2.05, 4.69) is 23.8 Å². The van der Waals surface area contributed by atoms with E-state index < -0.39 is 0 Å². The molecule has 0 aromatic carbocycles. The highest BCUT2D eigenvalue weighted by Gasteiger charge is 2.07. The number of aryl methyl sites for hydroxylation is 2. The zero-order chi connectivity index (χ0) is 10.8. The second-order valence-electron chi connectivity index (χ2n) is 3.76. The molecule has 2 aromatic rings. The Kier molecular flexibility index (Phi) is 2.50. The lowest BCUT2D eigenvalue weighted by Crippen LogP contribution is -1.94. The molecule has 0 saturated heterocycles. The van der Waals surface area contributed by atoms with Gasteiger partial charge < -0.3 is 0 Å². The molecule has 0 aliphatic heterocycles. The van der Waals surface area contributed by atoms with E-state index in [0.29, 0.717) is 0 Å². The predicted octanol–water partition coefficient (Wildman–Crippen LogP) is 3.07. The average molecular weight is 198 g/mol. The average Bonchev–Trinajstić information content (AvgIpc) is 2.26. The number of hydrogen-bond acceptors (Lipinski definition) is 2. The van der Waals surface area contributed by atoms with Crippen LogP contribution >= 0.6 is 0 Å². The number of nitrogens with zero attached hydrogens (tertiary/aromatic N) is 2. The van der Waals surface area contributed by atoms with Gasteiger partial charge in [0.1, 0.15) is 0 Å². The summed E-state index contributed by atoms with van der Waals surface area (Å²) in [4.78, 5) is 8.39. The summed E-state index contributed by atoms with van der Waals surface area (Å²) in [7, 11) is 0. The van der Waals surface area contributed by atoms with Crippen LogP contribution < -0.4 is 0 Å². The molecule has 2 rings (SSSR count). The standard InChI is InChI=1S/C13H14N2/c1-9-8-15-11(3)10(2)13(9)12-4-6-14-7-5-12/h4-8H,1-3H3. The lowest BCUT2D eigenvalue weighted by Gasteiger charge is -2.11. The summed E-state index contributed by atoms with van der Waals surface area (Å²) in [6.07, 6.45) is 5.58. The van der Waals surface area contributed by atoms with Crippen LogP contribution in [0.15, 0.2) is 30.7 Å². The molecule has 0 aliphatic rings. The van der Waals surface area contributed by atoms with Crippen molar-refractivity contribution in [1.29, 1.82) is 0 Å². The SMILES string of the molecule is Cc1cnc(C)c(C)c1-c1ccncc1. The maximum Gasteiger partial charge on any atom is 0.0408 e. The quantitative estimate of drug-likeness (QED) is 0.703. The second kappa shape index (κ2) is 3.81. The molecule has 0 spiro atoms. The lowest BCUT2D eigenvalue weighted by atomic mass is 9.97. The monoisotopic (exact) mass is 198 g/mol. The van der Waals surface area contributed by atoms with Crippen LogP contribution in [0.3, 0.4) is 0 Å². The first-order chi connectivity index (χ1) is 7.20. The van der Waals surface area contributed by atoms with Crippen molar-refractivity contribution in [3.05, 3.63) is 47.5 Å². The third kappa shape index (κ3) is 1.75. The van der Waals surface area contributed by atoms with E-state index in [1.807, 2.05) is 37.6 Å². The fraction of sp³-hybridized carbons (Fsp3) is 0.231. The molecular weight excluding hydrogens is 184 g/mol. The minimum absolute atomic E-state index is 1.09. The molecule has 0 saturated carbocycles. The maximum atomic E-state index is 4.35. The molecule has 0 bridgehead atoms. The molecule has 0 radical (unpaired) electrons. The zero-order valence-electron chi connectivity index (χ0n) is 9.28. The summed E-state index contributed by atoms with van der Waals surface area (Å²) in [5.74, 6) is 0. The topological polar surface area (TPSA) is 25.8 Å². The number of hydrogen-bond donors (Lipinski definition) is 0. The highest BCUT2D eigenvalue weighted by molar-refractivity contribution is 5.70. The Morgan fingerprint density at radius 2 is 1.67 bits per heavy atom. The largest absolute Gasteiger partial charge is 0.265 e. The van der Waals surface area contributed by atoms with Crippen molar-refractivity contribution >= 4 is 0 Å². The Balaban J connectivity index is 2.68. The molecule has 0 N–H and O–H groups in total. The summed E-state index contributed by atoms with van der Waals surface area (Å²) in [5.41, 5.74) is 6.05. The molecule has 2 heteroatoms. The third-order valence-electron chi connectivity index (χ3n) is 2.73. The van der Waals surface area contributed by atoms with Crippen LogP contribution in [-0.2, 0) is 0 Å². The summed E-state index contributed by atoms with van der Waals surface area (Å²) in [6.45, 7) is 6.25. The summed E-state index contributed by atoms with van der Waals surface area (Å²) < 4.78 is 0. The van der Waals surface area contributed by atoms with E-state index in [9.17, 15) is 0 Å². The zero-order valence-corrected chi connectivity index (χ0v) is 9.28. The van der Waals surface area contributed by atoms with Gasteiger partial charge in [0.25, 0.3) is 0 Å². The van der Waals surface area contributed by atoms with Crippen LogP contribution in [-0.4, -0.2) is 9.97 Å². The molecule has 0 amide bonds. The normalized spacial score (nSPS) is 10.3. The van der Waals surface area contributed by atoms with Gasteiger partial charge in [0.05, 0.1) is 0 Å². The maximum absolute atomic E-state index is 4.35. The molecule has 15 heavy (non-hydrogen) atoms. The highest BCUT2D eigenvalue weighted by Crippen LogP contribution is 2.27. The van der Waals surface area contributed by atoms with Crippen molar-refractivity contribution in [3.8, 4) is 11.1 Å². The number of rotatable bonds is 1. The van der Waals surface area contributed by atoms with Gasteiger partial charge >= 0.3 is 0 Å². The van der Waals surface area contributed by atoms with E-state index in [0.717, 1.165) is 5.69 Å². The third-order valence-corrected chi connectivity index (χ3v) is 2.73. The summed E-state index contributed by atoms with van der Waals surface area (Å²) in [5, 5.41) is 0. The van der Waals surface area contributed by atoms with Gasteiger partial charge in [0, 0.05) is 24.3 Å². The van der Waals surface area contributed by atoms with Gasteiger partial charge in [-0.1, -0.05) is 0 Å². The first-order valence-corrected chi connectivity index (χ1v) is 5.03. The smallest absolute Gasteiger partial charge is 0.0408 e. The van der Waals surface area contributed by atoms with Crippen LogP contribution in [0.1, 0.15) is 16.8 Å². The van der Waals surface area contributed by atoms with Crippen molar-refractivity contribution in [2.45, 2.75) is 20.8 Å². The minimum atomic E-state index is 1.09. The van der Waals surface area contributed by atoms with Crippen molar-refractivity contribution in [1.82, 2.24) is 9.97 Å². The van der Waals surface area contributed by atoms with E-state index in [-0.39, 0.29) is 0 Å². The van der Waals surface area contributed by atoms with Crippen LogP contribution in [0.4, 0.5) is 0 Å². The Hall–Kier alpha value is -1.70. The minimum Gasteiger partial charge on any atom is -0.265 e. The van der Waals surface area contributed by atoms with Gasteiger partial charge in [-0.3, -0.25) is 9.97 Å². The molecule has 76 valence electrons. The van der Waals surface area contributed by atoms with E-state index in [1.165, 1.54) is 22.3 Å². The fourth-order valence-electron chi connectivity index (χ4n) is 1.79. The van der Waals surface area contributed by atoms with Crippen molar-refractivity contribution in [3.63, 3.8) is 0 Å². The van der Waals surface area contributed by atoms with Crippen molar-refractivity contribution in [2.75, 3.05) is 0 Å². The number of pyridine rings is 2. The van der Waals surface area contributed by atoms with Gasteiger partial charge in [-0.05, 0) is 55.2 Å². The molecule has 2 heterocycles. The Labute approximate surface area is 90.0 Å². The molecule has 0 unspecified atom stereocenters. The Morgan fingerprint density at radius 1 is 1.00 bits per heavy atom. The summed E-state index contributed by atoms with van der Waals surface area (Å²) in [6, 6.07) is 4.07. The lowest BCUT2D eigenvalue weighted by molar-refractivity contribution is 1.13. The first-order valence-electron chi connectivity index (χ1n) is 5.03. The molecule has 2 nitrogen and oxygen atoms in total. The van der Waals surface area contributed by atoms with Gasteiger partial charge in [-0.25, -0.2) is 0 Å². The second-order valence-corrected chi connectivity index (χ2v) is 3.76. The van der Waals surface area contributed by atoms with Gasteiger partial charge in [-0.15, -0.1) is 0 Å². The van der Waals surface area contributed by atoms with E-state index in [1.54, 1.807) is 0 Å². The van der Waals surface area contributed by atoms with Gasteiger partial charge in [-0.2, -0.15) is 0 Å². The predicted molar refractivity (Wildman–Crippen MR) is 61.7 cm³/mol. The molecule has 0 fully saturated rings. The molecule has 0 aliphatic carbocycles. The number of aromatic nitrogens is 2. The molecule has 2 aromatic heterocycles. The van der Waals surface area contributed by atoms with E-state index >= 15 is 0 Å². The van der Waals surface area contributed by atoms with Crippen LogP contribution in [0, 0.1) is 20.8 Å². The fourth-order valence-corrected chi connectivity index (χ4v) is 1.79. The molecular formula is C13H14N2. The summed E-state index contributed by atoms with van der Waals surface area (Å²) >= 11 is 0. The van der Waals surface area contributed by atoms with E-state index in [4.69, 9.17) is 0 Å². The van der Waals surface area contributed by atoms with Crippen LogP contribution in [0.25, 0.3) is 11.1 Å². The first kappa shape index (κ1) is 9.84. The van der Waals surface area contributed by atoms with Crippen LogP contribution in [0.5, 0.6) is 0 Å². The Bertz CT molecular complexity index is 475. The van der Waals surface area contributed by atoms with Crippen LogP contribution in [0.2, 0.25) is 0 Å². The van der Waals surface area contributed by atoms with Gasteiger partial charge in [0.2, 0.25) is 0 Å². The Morgan fingerprint density at radius 3 is 2.33 bits per heavy atom. The van der Waals surface area contributed by atoms with Crippen molar-refractivity contribution in [2.24, 2.45) is 0 Å². The highest BCUT2D eigenvalue weighted by atomic mass is 14.7. The van der Waals surface area contributed by atoms with Gasteiger partial charge in [0.15, 0.2) is 0 Å². The van der Waals surface area contributed by atoms with Crippen molar-refractivity contribution < 1.29 is 0 Å². The molecule has 0 atom stereocenters.